The van der Waals surface area contributed by atoms with Gasteiger partial charge in [-0.05, 0) is 55.5 Å². The van der Waals surface area contributed by atoms with Gasteiger partial charge in [0.2, 0.25) is 5.95 Å². The molecule has 4 aromatic rings. The number of benzene rings is 2. The Morgan fingerprint density at radius 2 is 1.94 bits per heavy atom. The highest BCUT2D eigenvalue weighted by molar-refractivity contribution is 7.99. The minimum atomic E-state index is 0.478. The van der Waals surface area contributed by atoms with Gasteiger partial charge in [0.1, 0.15) is 5.03 Å². The third-order valence-corrected chi connectivity index (χ3v) is 5.86. The Labute approximate surface area is 186 Å². The average molecular weight is 427 g/mol. The zero-order valence-corrected chi connectivity index (χ0v) is 18.2. The third kappa shape index (κ3) is 4.60. The molecule has 2 aromatic carbocycles. The fourth-order valence-corrected chi connectivity index (χ4v) is 4.18. The molecule has 0 bridgehead atoms. The van der Waals surface area contributed by atoms with E-state index in [0.29, 0.717) is 11.5 Å². The third-order valence-electron chi connectivity index (χ3n) is 4.69. The van der Waals surface area contributed by atoms with E-state index in [-0.39, 0.29) is 0 Å². The molecule has 0 saturated heterocycles. The Morgan fingerprint density at radius 3 is 2.71 bits per heavy atom. The highest BCUT2D eigenvalue weighted by atomic mass is 32.2. The zero-order chi connectivity index (χ0) is 21.6. The van der Waals surface area contributed by atoms with Crippen LogP contribution in [-0.2, 0) is 0 Å². The van der Waals surface area contributed by atoms with Gasteiger partial charge in [0.05, 0.1) is 34.3 Å². The number of rotatable bonds is 7. The summed E-state index contributed by atoms with van der Waals surface area (Å²) in [6.07, 6.45) is 2.81. The second-order valence-electron chi connectivity index (χ2n) is 6.94. The van der Waals surface area contributed by atoms with E-state index < -0.39 is 0 Å². The Morgan fingerprint density at radius 1 is 1.10 bits per heavy atom. The first-order valence-electron chi connectivity index (χ1n) is 10.1. The van der Waals surface area contributed by atoms with Crippen LogP contribution >= 0.6 is 11.8 Å². The molecule has 2 heterocycles. The standard InChI is InChI=1S/C24H22N6S/c1-3-14-31-23-22(17(2)30(29-23)20-10-5-4-6-11-20)21-12-13-26-24(28-21)27-19-9-7-8-18(15-19)16-25/h4-13,15H,3,14H2,1-2H3,(H,26,27,28). The fourth-order valence-electron chi connectivity index (χ4n) is 3.25. The molecule has 0 unspecified atom stereocenters. The van der Waals surface area contributed by atoms with Crippen molar-refractivity contribution in [2.45, 2.75) is 25.3 Å². The first-order chi connectivity index (χ1) is 15.2. The lowest BCUT2D eigenvalue weighted by Crippen LogP contribution is -2.00. The molecule has 0 aliphatic carbocycles. The highest BCUT2D eigenvalue weighted by Crippen LogP contribution is 2.34. The number of hydrogen-bond acceptors (Lipinski definition) is 6. The summed E-state index contributed by atoms with van der Waals surface area (Å²) in [5, 5.41) is 18.2. The Hall–Kier alpha value is -3.63. The van der Waals surface area contributed by atoms with Crippen LogP contribution < -0.4 is 5.32 Å². The normalized spacial score (nSPS) is 10.6. The molecule has 0 aliphatic heterocycles. The minimum Gasteiger partial charge on any atom is -0.324 e. The first kappa shape index (κ1) is 20.6. The smallest absolute Gasteiger partial charge is 0.227 e. The molecule has 31 heavy (non-hydrogen) atoms. The maximum absolute atomic E-state index is 9.13. The van der Waals surface area contributed by atoms with Crippen molar-refractivity contribution in [3.63, 3.8) is 0 Å². The maximum Gasteiger partial charge on any atom is 0.227 e. The molecule has 0 saturated carbocycles. The maximum atomic E-state index is 9.13. The molecular weight excluding hydrogens is 404 g/mol. The lowest BCUT2D eigenvalue weighted by atomic mass is 10.2. The van der Waals surface area contributed by atoms with Crippen molar-refractivity contribution < 1.29 is 0 Å². The quantitative estimate of drug-likeness (QED) is 0.379. The Bertz CT molecular complexity index is 1230. The summed E-state index contributed by atoms with van der Waals surface area (Å²) in [6, 6.07) is 21.4. The largest absolute Gasteiger partial charge is 0.324 e. The van der Waals surface area contributed by atoms with E-state index in [0.717, 1.165) is 45.5 Å². The van der Waals surface area contributed by atoms with E-state index in [9.17, 15) is 0 Å². The van der Waals surface area contributed by atoms with Crippen molar-refractivity contribution in [3.8, 4) is 23.0 Å². The minimum absolute atomic E-state index is 0.478. The molecule has 154 valence electrons. The number of hydrogen-bond donors (Lipinski definition) is 1. The van der Waals surface area contributed by atoms with E-state index in [4.69, 9.17) is 15.3 Å². The molecule has 4 rings (SSSR count). The van der Waals surface area contributed by atoms with Crippen molar-refractivity contribution in [2.24, 2.45) is 0 Å². The topological polar surface area (TPSA) is 79.4 Å². The van der Waals surface area contributed by atoms with E-state index in [1.807, 2.05) is 53.2 Å². The summed E-state index contributed by atoms with van der Waals surface area (Å²) in [5.41, 5.74) is 5.23. The van der Waals surface area contributed by atoms with Crippen LogP contribution in [0, 0.1) is 18.3 Å². The van der Waals surface area contributed by atoms with Gasteiger partial charge in [0, 0.05) is 11.9 Å². The van der Waals surface area contributed by atoms with E-state index in [2.05, 4.69) is 30.2 Å². The number of nitrogens with one attached hydrogen (secondary N) is 1. The number of nitrogens with zero attached hydrogens (tertiary/aromatic N) is 5. The predicted molar refractivity (Wildman–Crippen MR) is 125 cm³/mol. The van der Waals surface area contributed by atoms with Gasteiger partial charge in [-0.15, -0.1) is 11.8 Å². The number of thioether (sulfide) groups is 1. The van der Waals surface area contributed by atoms with Crippen molar-refractivity contribution in [3.05, 3.63) is 78.1 Å². The first-order valence-corrected chi connectivity index (χ1v) is 11.1. The van der Waals surface area contributed by atoms with Crippen molar-refractivity contribution in [1.82, 2.24) is 19.7 Å². The van der Waals surface area contributed by atoms with Crippen LogP contribution in [0.5, 0.6) is 0 Å². The molecule has 1 N–H and O–H groups in total. The lowest BCUT2D eigenvalue weighted by Gasteiger charge is -2.08. The van der Waals surface area contributed by atoms with Crippen LogP contribution in [0.1, 0.15) is 24.6 Å². The van der Waals surface area contributed by atoms with Crippen LogP contribution in [0.4, 0.5) is 11.6 Å². The lowest BCUT2D eigenvalue weighted by molar-refractivity contribution is 0.813. The Kier molecular flexibility index (Phi) is 6.29. The van der Waals surface area contributed by atoms with Crippen molar-refractivity contribution >= 4 is 23.4 Å². The van der Waals surface area contributed by atoms with Gasteiger partial charge in [-0.1, -0.05) is 31.2 Å². The molecule has 0 radical (unpaired) electrons. The summed E-state index contributed by atoms with van der Waals surface area (Å²) >= 11 is 1.74. The summed E-state index contributed by atoms with van der Waals surface area (Å²) in [5.74, 6) is 1.46. The van der Waals surface area contributed by atoms with Gasteiger partial charge >= 0.3 is 0 Å². The van der Waals surface area contributed by atoms with Gasteiger partial charge in [0.15, 0.2) is 0 Å². The molecule has 2 aromatic heterocycles. The average Bonchev–Trinajstić information content (AvgIpc) is 3.14. The molecule has 0 aliphatic rings. The van der Waals surface area contributed by atoms with Crippen LogP contribution in [0.3, 0.4) is 0 Å². The Balaban J connectivity index is 1.74. The second kappa shape index (κ2) is 9.45. The predicted octanol–water partition coefficient (Wildman–Crippen LogP) is 5.76. The monoisotopic (exact) mass is 426 g/mol. The summed E-state index contributed by atoms with van der Waals surface area (Å²) < 4.78 is 1.97. The van der Waals surface area contributed by atoms with Crippen LogP contribution in [0.15, 0.2) is 71.9 Å². The molecular formula is C24H22N6S. The van der Waals surface area contributed by atoms with Crippen molar-refractivity contribution in [1.29, 1.82) is 5.26 Å². The van der Waals surface area contributed by atoms with Crippen LogP contribution in [-0.4, -0.2) is 25.5 Å². The van der Waals surface area contributed by atoms with Gasteiger partial charge in [-0.3, -0.25) is 0 Å². The highest BCUT2D eigenvalue weighted by Gasteiger charge is 2.19. The van der Waals surface area contributed by atoms with Crippen LogP contribution in [0.25, 0.3) is 16.9 Å². The second-order valence-corrected chi connectivity index (χ2v) is 8.03. The number of nitriles is 1. The number of anilines is 2. The van der Waals surface area contributed by atoms with Gasteiger partial charge in [-0.25, -0.2) is 14.6 Å². The molecule has 0 spiro atoms. The van der Waals surface area contributed by atoms with E-state index >= 15 is 0 Å². The number of aromatic nitrogens is 4. The van der Waals surface area contributed by atoms with E-state index in [1.165, 1.54) is 0 Å². The summed E-state index contributed by atoms with van der Waals surface area (Å²) in [4.78, 5) is 9.12. The molecule has 0 amide bonds. The van der Waals surface area contributed by atoms with Gasteiger partial charge < -0.3 is 5.32 Å². The fraction of sp³-hybridized carbons (Fsp3) is 0.167. The van der Waals surface area contributed by atoms with Crippen LogP contribution in [0.2, 0.25) is 0 Å². The molecule has 0 atom stereocenters. The number of para-hydroxylation sites is 1. The summed E-state index contributed by atoms with van der Waals surface area (Å²) in [6.45, 7) is 4.23. The molecule has 6 nitrogen and oxygen atoms in total. The zero-order valence-electron chi connectivity index (χ0n) is 17.4. The molecule has 0 fully saturated rings. The van der Waals surface area contributed by atoms with Crippen molar-refractivity contribution in [2.75, 3.05) is 11.1 Å². The molecule has 7 heteroatoms. The van der Waals surface area contributed by atoms with Gasteiger partial charge in [-0.2, -0.15) is 10.4 Å². The SMILES string of the molecule is CCCSc1nn(-c2ccccc2)c(C)c1-c1ccnc(Nc2cccc(C#N)c2)n1. The van der Waals surface area contributed by atoms with Gasteiger partial charge in [0.25, 0.3) is 0 Å². The summed E-state index contributed by atoms with van der Waals surface area (Å²) in [7, 11) is 0. The van der Waals surface area contributed by atoms with E-state index in [1.54, 1.807) is 30.1 Å².